The highest BCUT2D eigenvalue weighted by atomic mass is 16.5. The fourth-order valence-corrected chi connectivity index (χ4v) is 2.71. The van der Waals surface area contributed by atoms with Gasteiger partial charge in [-0.2, -0.15) is 0 Å². The SMILES string of the molecule is COCCC(C)NCC1CC2CCC1O2. The van der Waals surface area contributed by atoms with E-state index in [4.69, 9.17) is 9.47 Å². The molecule has 0 spiro atoms. The van der Waals surface area contributed by atoms with Crippen LogP contribution >= 0.6 is 0 Å². The third kappa shape index (κ3) is 2.92. The summed E-state index contributed by atoms with van der Waals surface area (Å²) in [6.45, 7) is 4.19. The Balaban J connectivity index is 1.61. The Bertz CT molecular complexity index is 198. The molecule has 2 aliphatic rings. The van der Waals surface area contributed by atoms with Gasteiger partial charge in [0.25, 0.3) is 0 Å². The van der Waals surface area contributed by atoms with Crippen LogP contribution in [0.2, 0.25) is 0 Å². The lowest BCUT2D eigenvalue weighted by molar-refractivity contribution is 0.0917. The zero-order chi connectivity index (χ0) is 10.7. The number of nitrogens with one attached hydrogen (secondary N) is 1. The van der Waals surface area contributed by atoms with Crippen LogP contribution in [0.5, 0.6) is 0 Å². The smallest absolute Gasteiger partial charge is 0.0621 e. The van der Waals surface area contributed by atoms with E-state index in [1.807, 2.05) is 0 Å². The molecule has 2 saturated heterocycles. The van der Waals surface area contributed by atoms with Crippen LogP contribution in [0.15, 0.2) is 0 Å². The van der Waals surface area contributed by atoms with Crippen molar-refractivity contribution < 1.29 is 9.47 Å². The first-order valence-electron chi connectivity index (χ1n) is 6.17. The van der Waals surface area contributed by atoms with Gasteiger partial charge in [-0.3, -0.25) is 0 Å². The minimum atomic E-state index is 0.553. The molecule has 2 aliphatic heterocycles. The zero-order valence-electron chi connectivity index (χ0n) is 9.87. The molecule has 2 rings (SSSR count). The van der Waals surface area contributed by atoms with Crippen molar-refractivity contribution in [1.29, 1.82) is 0 Å². The summed E-state index contributed by atoms with van der Waals surface area (Å²) >= 11 is 0. The molecule has 0 radical (unpaired) electrons. The van der Waals surface area contributed by atoms with E-state index in [9.17, 15) is 0 Å². The maximum absolute atomic E-state index is 5.83. The van der Waals surface area contributed by atoms with Crippen LogP contribution < -0.4 is 5.32 Å². The summed E-state index contributed by atoms with van der Waals surface area (Å²) in [4.78, 5) is 0. The Kier molecular flexibility index (Phi) is 4.00. The molecule has 0 aromatic rings. The molecule has 0 saturated carbocycles. The van der Waals surface area contributed by atoms with Gasteiger partial charge in [-0.15, -0.1) is 0 Å². The summed E-state index contributed by atoms with van der Waals surface area (Å²) in [5.41, 5.74) is 0. The van der Waals surface area contributed by atoms with Crippen LogP contribution in [0.3, 0.4) is 0 Å². The average molecular weight is 213 g/mol. The first-order chi connectivity index (χ1) is 7.29. The van der Waals surface area contributed by atoms with Crippen molar-refractivity contribution in [3.63, 3.8) is 0 Å². The number of hydrogen-bond donors (Lipinski definition) is 1. The van der Waals surface area contributed by atoms with Gasteiger partial charge in [0, 0.05) is 32.2 Å². The van der Waals surface area contributed by atoms with E-state index in [-0.39, 0.29) is 0 Å². The van der Waals surface area contributed by atoms with E-state index in [2.05, 4.69) is 12.2 Å². The molecule has 2 fully saturated rings. The number of methoxy groups -OCH3 is 1. The van der Waals surface area contributed by atoms with E-state index in [1.54, 1.807) is 7.11 Å². The predicted octanol–water partition coefficient (Wildman–Crippen LogP) is 1.57. The van der Waals surface area contributed by atoms with Crippen LogP contribution in [0.4, 0.5) is 0 Å². The fraction of sp³-hybridized carbons (Fsp3) is 1.00. The van der Waals surface area contributed by atoms with Crippen molar-refractivity contribution in [3.8, 4) is 0 Å². The molecule has 15 heavy (non-hydrogen) atoms. The summed E-state index contributed by atoms with van der Waals surface area (Å²) in [7, 11) is 1.76. The second-order valence-corrected chi connectivity index (χ2v) is 4.96. The van der Waals surface area contributed by atoms with Crippen molar-refractivity contribution in [1.82, 2.24) is 5.32 Å². The van der Waals surface area contributed by atoms with Crippen molar-refractivity contribution in [3.05, 3.63) is 0 Å². The van der Waals surface area contributed by atoms with Gasteiger partial charge in [-0.25, -0.2) is 0 Å². The highest BCUT2D eigenvalue weighted by Crippen LogP contribution is 2.38. The topological polar surface area (TPSA) is 30.5 Å². The maximum Gasteiger partial charge on any atom is 0.0621 e. The fourth-order valence-electron chi connectivity index (χ4n) is 2.71. The van der Waals surface area contributed by atoms with E-state index in [0.717, 1.165) is 25.5 Å². The third-order valence-electron chi connectivity index (χ3n) is 3.72. The molecule has 3 nitrogen and oxygen atoms in total. The van der Waals surface area contributed by atoms with Gasteiger partial charge in [0.05, 0.1) is 12.2 Å². The Hall–Kier alpha value is -0.120. The van der Waals surface area contributed by atoms with Crippen LogP contribution in [0.25, 0.3) is 0 Å². The summed E-state index contributed by atoms with van der Waals surface area (Å²) < 4.78 is 10.9. The third-order valence-corrected chi connectivity index (χ3v) is 3.72. The second-order valence-electron chi connectivity index (χ2n) is 4.96. The first kappa shape index (κ1) is 11.4. The zero-order valence-corrected chi connectivity index (χ0v) is 9.87. The minimum absolute atomic E-state index is 0.553. The summed E-state index contributed by atoms with van der Waals surface area (Å²) in [6.07, 6.45) is 6.07. The van der Waals surface area contributed by atoms with Crippen molar-refractivity contribution >= 4 is 0 Å². The number of fused-ring (bicyclic) bond motifs is 2. The van der Waals surface area contributed by atoms with E-state index >= 15 is 0 Å². The van der Waals surface area contributed by atoms with Crippen LogP contribution in [-0.4, -0.2) is 38.5 Å². The first-order valence-corrected chi connectivity index (χ1v) is 6.17. The molecule has 3 heteroatoms. The summed E-state index contributed by atoms with van der Waals surface area (Å²) in [5.74, 6) is 0.758. The highest BCUT2D eigenvalue weighted by Gasteiger charge is 2.40. The van der Waals surface area contributed by atoms with Crippen LogP contribution in [0, 0.1) is 5.92 Å². The molecule has 2 heterocycles. The summed E-state index contributed by atoms with van der Waals surface area (Å²) in [5, 5.41) is 3.58. The lowest BCUT2D eigenvalue weighted by Crippen LogP contribution is -2.35. The lowest BCUT2D eigenvalue weighted by atomic mass is 9.89. The number of rotatable bonds is 6. The summed E-state index contributed by atoms with van der Waals surface area (Å²) in [6, 6.07) is 0.559. The second kappa shape index (κ2) is 5.28. The molecular formula is C12H23NO2. The molecule has 2 bridgehead atoms. The van der Waals surface area contributed by atoms with E-state index in [0.29, 0.717) is 18.2 Å². The molecule has 0 aromatic heterocycles. The molecule has 4 atom stereocenters. The van der Waals surface area contributed by atoms with Gasteiger partial charge in [0.1, 0.15) is 0 Å². The van der Waals surface area contributed by atoms with Gasteiger partial charge in [0.2, 0.25) is 0 Å². The van der Waals surface area contributed by atoms with Crippen molar-refractivity contribution in [2.75, 3.05) is 20.3 Å². The molecule has 0 aromatic carbocycles. The monoisotopic (exact) mass is 213 g/mol. The number of ether oxygens (including phenoxy) is 2. The van der Waals surface area contributed by atoms with Gasteiger partial charge in [0.15, 0.2) is 0 Å². The van der Waals surface area contributed by atoms with E-state index in [1.165, 1.54) is 19.3 Å². The van der Waals surface area contributed by atoms with Crippen LogP contribution in [0.1, 0.15) is 32.6 Å². The molecule has 0 amide bonds. The van der Waals surface area contributed by atoms with Gasteiger partial charge >= 0.3 is 0 Å². The molecule has 88 valence electrons. The van der Waals surface area contributed by atoms with Gasteiger partial charge < -0.3 is 14.8 Å². The Morgan fingerprint density at radius 1 is 1.47 bits per heavy atom. The van der Waals surface area contributed by atoms with Crippen molar-refractivity contribution in [2.45, 2.75) is 50.9 Å². The molecule has 4 unspecified atom stereocenters. The minimum Gasteiger partial charge on any atom is -0.385 e. The van der Waals surface area contributed by atoms with E-state index < -0.39 is 0 Å². The molecule has 0 aliphatic carbocycles. The maximum atomic E-state index is 5.83. The van der Waals surface area contributed by atoms with Gasteiger partial charge in [-0.1, -0.05) is 0 Å². The quantitative estimate of drug-likeness (QED) is 0.726. The van der Waals surface area contributed by atoms with Crippen molar-refractivity contribution in [2.24, 2.45) is 5.92 Å². The molecular weight excluding hydrogens is 190 g/mol. The Labute approximate surface area is 92.5 Å². The average Bonchev–Trinajstić information content (AvgIpc) is 2.84. The Morgan fingerprint density at radius 3 is 2.93 bits per heavy atom. The van der Waals surface area contributed by atoms with Gasteiger partial charge in [-0.05, 0) is 32.6 Å². The van der Waals surface area contributed by atoms with Crippen LogP contribution in [-0.2, 0) is 9.47 Å². The standard InChI is InChI=1S/C12H23NO2/c1-9(5-6-14-2)13-8-10-7-11-3-4-12(10)15-11/h9-13H,3-8H2,1-2H3. The Morgan fingerprint density at radius 2 is 2.33 bits per heavy atom. The lowest BCUT2D eigenvalue weighted by Gasteiger charge is -2.21. The highest BCUT2D eigenvalue weighted by molar-refractivity contribution is 4.90. The normalized spacial score (nSPS) is 36.0. The predicted molar refractivity (Wildman–Crippen MR) is 60.0 cm³/mol. The largest absolute Gasteiger partial charge is 0.385 e. The molecule has 1 N–H and O–H groups in total. The number of hydrogen-bond acceptors (Lipinski definition) is 3.